The standard InChI is InChI=1S/C19H24ClN3O2Si/c1-26(2,3)11-10-24-14-23-9-7-16(22-23)13-25-17-4-5-18-15(12-17)6-8-21-19(18)20/h4-9,12H,10-11,13-14H2,1-3H3. The Kier molecular flexibility index (Phi) is 5.96. The second-order valence-corrected chi connectivity index (χ2v) is 13.4. The van der Waals surface area contributed by atoms with Gasteiger partial charge < -0.3 is 9.47 Å². The molecule has 0 saturated carbocycles. The molecule has 1 aromatic carbocycles. The Morgan fingerprint density at radius 2 is 2.00 bits per heavy atom. The summed E-state index contributed by atoms with van der Waals surface area (Å²) < 4.78 is 13.4. The second-order valence-electron chi connectivity index (χ2n) is 7.47. The first-order chi connectivity index (χ1) is 12.4. The highest BCUT2D eigenvalue weighted by atomic mass is 35.5. The van der Waals surface area contributed by atoms with Crippen LogP contribution in [0.25, 0.3) is 10.8 Å². The van der Waals surface area contributed by atoms with E-state index in [1.165, 1.54) is 0 Å². The van der Waals surface area contributed by atoms with Crippen molar-refractivity contribution in [3.05, 3.63) is 53.6 Å². The smallest absolute Gasteiger partial charge is 0.139 e. The van der Waals surface area contributed by atoms with Crippen LogP contribution in [0.1, 0.15) is 5.69 Å². The zero-order valence-electron chi connectivity index (χ0n) is 15.4. The maximum atomic E-state index is 6.09. The number of rotatable bonds is 8. The van der Waals surface area contributed by atoms with Gasteiger partial charge in [0.15, 0.2) is 0 Å². The third-order valence-corrected chi connectivity index (χ3v) is 6.00. The van der Waals surface area contributed by atoms with Crippen LogP contribution in [-0.4, -0.2) is 29.4 Å². The van der Waals surface area contributed by atoms with Crippen molar-refractivity contribution in [3.63, 3.8) is 0 Å². The molecule has 0 bridgehead atoms. The average Bonchev–Trinajstić information content (AvgIpc) is 3.04. The highest BCUT2D eigenvalue weighted by Crippen LogP contribution is 2.25. The molecule has 0 aliphatic carbocycles. The Bertz CT molecular complexity index is 877. The zero-order valence-corrected chi connectivity index (χ0v) is 17.2. The maximum absolute atomic E-state index is 6.09. The summed E-state index contributed by atoms with van der Waals surface area (Å²) >= 11 is 6.09. The Labute approximate surface area is 159 Å². The molecule has 7 heteroatoms. The van der Waals surface area contributed by atoms with E-state index in [0.717, 1.165) is 34.9 Å². The lowest BCUT2D eigenvalue weighted by atomic mass is 10.2. The third kappa shape index (κ3) is 5.30. The molecule has 0 spiro atoms. The molecule has 138 valence electrons. The second kappa shape index (κ2) is 8.20. The van der Waals surface area contributed by atoms with Crippen LogP contribution in [0.15, 0.2) is 42.7 Å². The summed E-state index contributed by atoms with van der Waals surface area (Å²) in [5.74, 6) is 0.778. The van der Waals surface area contributed by atoms with E-state index in [1.807, 2.05) is 36.5 Å². The van der Waals surface area contributed by atoms with Gasteiger partial charge in [0.25, 0.3) is 0 Å². The van der Waals surface area contributed by atoms with E-state index in [0.29, 0.717) is 18.5 Å². The van der Waals surface area contributed by atoms with Crippen LogP contribution >= 0.6 is 11.6 Å². The Balaban J connectivity index is 1.52. The number of fused-ring (bicyclic) bond motifs is 1. The van der Waals surface area contributed by atoms with Gasteiger partial charge in [-0.05, 0) is 41.8 Å². The number of benzene rings is 1. The van der Waals surface area contributed by atoms with Crippen molar-refractivity contribution in [2.75, 3.05) is 6.61 Å². The molecule has 0 amide bonds. The third-order valence-electron chi connectivity index (χ3n) is 3.99. The monoisotopic (exact) mass is 389 g/mol. The zero-order chi connectivity index (χ0) is 18.6. The molecule has 0 aliphatic heterocycles. The van der Waals surface area contributed by atoms with Gasteiger partial charge >= 0.3 is 0 Å². The molecular weight excluding hydrogens is 366 g/mol. The van der Waals surface area contributed by atoms with Crippen molar-refractivity contribution in [1.29, 1.82) is 0 Å². The van der Waals surface area contributed by atoms with Crippen LogP contribution < -0.4 is 4.74 Å². The summed E-state index contributed by atoms with van der Waals surface area (Å²) in [6.07, 6.45) is 3.61. The summed E-state index contributed by atoms with van der Waals surface area (Å²) in [5.41, 5.74) is 0.867. The molecule has 0 aliphatic rings. The minimum Gasteiger partial charge on any atom is -0.487 e. The molecule has 0 unspecified atom stereocenters. The first kappa shape index (κ1) is 18.9. The fourth-order valence-electron chi connectivity index (χ4n) is 2.46. The molecule has 5 nitrogen and oxygen atoms in total. The van der Waals surface area contributed by atoms with E-state index in [2.05, 4.69) is 29.7 Å². The number of ether oxygens (including phenoxy) is 2. The van der Waals surface area contributed by atoms with Gasteiger partial charge in [-0.15, -0.1) is 0 Å². The first-order valence-electron chi connectivity index (χ1n) is 8.68. The molecule has 0 saturated heterocycles. The van der Waals surface area contributed by atoms with Crippen molar-refractivity contribution in [1.82, 2.24) is 14.8 Å². The summed E-state index contributed by atoms with van der Waals surface area (Å²) in [6.45, 7) is 8.71. The van der Waals surface area contributed by atoms with Gasteiger partial charge in [0.1, 0.15) is 24.2 Å². The van der Waals surface area contributed by atoms with E-state index in [1.54, 1.807) is 10.9 Å². The Morgan fingerprint density at radius 3 is 2.81 bits per heavy atom. The van der Waals surface area contributed by atoms with Crippen molar-refractivity contribution in [3.8, 4) is 5.75 Å². The Morgan fingerprint density at radius 1 is 1.15 bits per heavy atom. The molecule has 3 aromatic rings. The number of halogens is 1. The van der Waals surface area contributed by atoms with Gasteiger partial charge in [-0.2, -0.15) is 5.10 Å². The minimum absolute atomic E-state index is 0.409. The van der Waals surface area contributed by atoms with Crippen LogP contribution in [0.5, 0.6) is 5.75 Å². The van der Waals surface area contributed by atoms with Gasteiger partial charge in [-0.3, -0.25) is 0 Å². The van der Waals surface area contributed by atoms with Crippen molar-refractivity contribution in [2.45, 2.75) is 39.0 Å². The van der Waals surface area contributed by atoms with E-state index in [-0.39, 0.29) is 0 Å². The molecule has 3 rings (SSSR count). The topological polar surface area (TPSA) is 49.2 Å². The van der Waals surface area contributed by atoms with E-state index < -0.39 is 8.07 Å². The molecule has 0 fully saturated rings. The van der Waals surface area contributed by atoms with E-state index in [9.17, 15) is 0 Å². The largest absolute Gasteiger partial charge is 0.487 e. The van der Waals surface area contributed by atoms with Crippen LogP contribution in [0.4, 0.5) is 0 Å². The van der Waals surface area contributed by atoms with Gasteiger partial charge in [0.05, 0.1) is 5.69 Å². The summed E-state index contributed by atoms with van der Waals surface area (Å²) in [6, 6.07) is 10.8. The lowest BCUT2D eigenvalue weighted by Crippen LogP contribution is -2.22. The summed E-state index contributed by atoms with van der Waals surface area (Å²) in [4.78, 5) is 4.08. The predicted molar refractivity (Wildman–Crippen MR) is 107 cm³/mol. The van der Waals surface area contributed by atoms with Crippen molar-refractivity contribution < 1.29 is 9.47 Å². The number of nitrogens with zero attached hydrogens (tertiary/aromatic N) is 3. The van der Waals surface area contributed by atoms with Crippen molar-refractivity contribution >= 4 is 30.4 Å². The quantitative estimate of drug-likeness (QED) is 0.310. The van der Waals surface area contributed by atoms with Crippen LogP contribution in [0.2, 0.25) is 30.8 Å². The van der Waals surface area contributed by atoms with Crippen LogP contribution in [-0.2, 0) is 18.1 Å². The lowest BCUT2D eigenvalue weighted by molar-refractivity contribution is 0.0779. The summed E-state index contributed by atoms with van der Waals surface area (Å²) in [5, 5.41) is 6.91. The SMILES string of the molecule is C[Si](C)(C)CCOCn1ccc(COc2ccc3c(Cl)nccc3c2)n1. The highest BCUT2D eigenvalue weighted by Gasteiger charge is 2.12. The van der Waals surface area contributed by atoms with Gasteiger partial charge in [0.2, 0.25) is 0 Å². The molecule has 0 N–H and O–H groups in total. The highest BCUT2D eigenvalue weighted by molar-refractivity contribution is 6.76. The molecular formula is C19H24ClN3O2Si. The molecule has 0 radical (unpaired) electrons. The maximum Gasteiger partial charge on any atom is 0.139 e. The van der Waals surface area contributed by atoms with Crippen LogP contribution in [0, 0.1) is 0 Å². The Hall–Kier alpha value is -1.89. The molecule has 0 atom stereocenters. The first-order valence-corrected chi connectivity index (χ1v) is 12.8. The van der Waals surface area contributed by atoms with Gasteiger partial charge in [-0.25, -0.2) is 9.67 Å². The predicted octanol–water partition coefficient (Wildman–Crippen LogP) is 4.98. The number of hydrogen-bond donors (Lipinski definition) is 0. The van der Waals surface area contributed by atoms with Crippen molar-refractivity contribution in [2.24, 2.45) is 0 Å². The van der Waals surface area contributed by atoms with Gasteiger partial charge in [0, 0.05) is 32.5 Å². The molecule has 2 aromatic heterocycles. The fraction of sp³-hybridized carbons (Fsp3) is 0.368. The van der Waals surface area contributed by atoms with E-state index >= 15 is 0 Å². The van der Waals surface area contributed by atoms with E-state index in [4.69, 9.17) is 21.1 Å². The van der Waals surface area contributed by atoms with Gasteiger partial charge in [-0.1, -0.05) is 31.2 Å². The number of pyridine rings is 1. The average molecular weight is 390 g/mol. The molecule has 26 heavy (non-hydrogen) atoms. The lowest BCUT2D eigenvalue weighted by Gasteiger charge is -2.15. The fourth-order valence-corrected chi connectivity index (χ4v) is 3.44. The summed E-state index contributed by atoms with van der Waals surface area (Å²) in [7, 11) is -1.05. The molecule has 2 heterocycles. The normalized spacial score (nSPS) is 11.8. The number of aromatic nitrogens is 3. The number of hydrogen-bond acceptors (Lipinski definition) is 4. The van der Waals surface area contributed by atoms with Crippen LogP contribution in [0.3, 0.4) is 0 Å². The minimum atomic E-state index is -1.05.